The molecule has 3 N–H and O–H groups in total. The zero-order valence-corrected chi connectivity index (χ0v) is 14.6. The largest absolute Gasteiger partial charge is 0.459 e. The van der Waals surface area contributed by atoms with Crippen LogP contribution >= 0.6 is 0 Å². The number of rotatable bonds is 6. The lowest BCUT2D eigenvalue weighted by Crippen LogP contribution is -2.58. The van der Waals surface area contributed by atoms with E-state index in [4.69, 9.17) is 4.42 Å². The monoisotopic (exact) mass is 360 g/mol. The first kappa shape index (κ1) is 17.1. The molecule has 1 aromatic heterocycles. The van der Waals surface area contributed by atoms with E-state index in [1.807, 2.05) is 0 Å². The number of hydrogen-bond donors (Lipinski definition) is 3. The summed E-state index contributed by atoms with van der Waals surface area (Å²) in [7, 11) is 0. The van der Waals surface area contributed by atoms with E-state index in [0.29, 0.717) is 38.4 Å². The van der Waals surface area contributed by atoms with Gasteiger partial charge in [-0.15, -0.1) is 0 Å². The summed E-state index contributed by atoms with van der Waals surface area (Å²) in [4.78, 5) is 38.5. The van der Waals surface area contributed by atoms with Crippen LogP contribution in [0.2, 0.25) is 0 Å². The summed E-state index contributed by atoms with van der Waals surface area (Å²) in [6, 6.07) is 3.42. The van der Waals surface area contributed by atoms with E-state index in [1.54, 1.807) is 12.1 Å². The summed E-state index contributed by atoms with van der Waals surface area (Å²) < 4.78 is 5.12. The Morgan fingerprint density at radius 2 is 2.12 bits per heavy atom. The molecule has 8 heteroatoms. The summed E-state index contributed by atoms with van der Waals surface area (Å²) in [5.74, 6) is 0.0921. The van der Waals surface area contributed by atoms with Crippen LogP contribution in [-0.2, 0) is 9.59 Å². The first-order valence-electron chi connectivity index (χ1n) is 9.27. The number of nitrogens with one attached hydrogen (secondary N) is 3. The fourth-order valence-electron chi connectivity index (χ4n) is 3.84. The van der Waals surface area contributed by atoms with Crippen molar-refractivity contribution in [3.05, 3.63) is 24.2 Å². The van der Waals surface area contributed by atoms with Crippen LogP contribution in [-0.4, -0.2) is 59.9 Å². The molecule has 3 heterocycles. The zero-order valence-electron chi connectivity index (χ0n) is 14.6. The normalized spacial score (nSPS) is 28.3. The molecule has 0 bridgehead atoms. The molecular weight excluding hydrogens is 336 g/mol. The average Bonchev–Trinajstić information content (AvgIpc) is 3.11. The molecule has 0 spiro atoms. The summed E-state index contributed by atoms with van der Waals surface area (Å²) in [5.41, 5.74) is 0. The Morgan fingerprint density at radius 3 is 2.85 bits per heavy atom. The van der Waals surface area contributed by atoms with Crippen molar-refractivity contribution in [1.82, 2.24) is 20.9 Å². The lowest BCUT2D eigenvalue weighted by atomic mass is 10.0. The third-order valence-corrected chi connectivity index (χ3v) is 5.35. The van der Waals surface area contributed by atoms with Crippen molar-refractivity contribution in [2.24, 2.45) is 0 Å². The van der Waals surface area contributed by atoms with E-state index in [0.717, 1.165) is 12.8 Å². The van der Waals surface area contributed by atoms with Gasteiger partial charge in [0.1, 0.15) is 0 Å². The van der Waals surface area contributed by atoms with Gasteiger partial charge in [-0.1, -0.05) is 0 Å². The van der Waals surface area contributed by atoms with Gasteiger partial charge in [-0.2, -0.15) is 0 Å². The van der Waals surface area contributed by atoms with E-state index in [2.05, 4.69) is 20.9 Å². The molecule has 140 valence electrons. The molecule has 0 radical (unpaired) electrons. The summed E-state index contributed by atoms with van der Waals surface area (Å²) in [6.45, 7) is 1.16. The zero-order chi connectivity index (χ0) is 18.1. The molecule has 1 aliphatic carbocycles. The predicted octanol–water partition coefficient (Wildman–Crippen LogP) is 0.00950. The van der Waals surface area contributed by atoms with Crippen LogP contribution in [0.25, 0.3) is 0 Å². The number of piperazine rings is 1. The molecule has 4 rings (SSSR count). The molecule has 3 aliphatic rings. The number of carbonyl (C=O) groups excluding carboxylic acids is 3. The van der Waals surface area contributed by atoms with Gasteiger partial charge in [-0.25, -0.2) is 0 Å². The van der Waals surface area contributed by atoms with Crippen molar-refractivity contribution in [2.45, 2.75) is 56.3 Å². The van der Waals surface area contributed by atoms with Crippen LogP contribution in [0.3, 0.4) is 0 Å². The fourth-order valence-corrected chi connectivity index (χ4v) is 3.84. The van der Waals surface area contributed by atoms with Gasteiger partial charge in [0, 0.05) is 37.6 Å². The van der Waals surface area contributed by atoms with Gasteiger partial charge in [0.2, 0.25) is 11.8 Å². The van der Waals surface area contributed by atoms with Crippen LogP contribution in [0.4, 0.5) is 0 Å². The Balaban J connectivity index is 1.33. The Labute approximate surface area is 151 Å². The van der Waals surface area contributed by atoms with Gasteiger partial charge in [-0.05, 0) is 37.8 Å². The van der Waals surface area contributed by atoms with Crippen molar-refractivity contribution in [3.8, 4) is 0 Å². The first-order chi connectivity index (χ1) is 12.6. The smallest absolute Gasteiger partial charge is 0.287 e. The van der Waals surface area contributed by atoms with Crippen LogP contribution < -0.4 is 16.0 Å². The number of amides is 3. The van der Waals surface area contributed by atoms with Crippen molar-refractivity contribution in [2.75, 3.05) is 13.1 Å². The molecule has 3 amide bonds. The third kappa shape index (κ3) is 3.75. The molecule has 2 saturated heterocycles. The molecule has 3 atom stereocenters. The summed E-state index contributed by atoms with van der Waals surface area (Å²) >= 11 is 0. The molecule has 26 heavy (non-hydrogen) atoms. The fraction of sp³-hybridized carbons (Fsp3) is 0.611. The lowest BCUT2D eigenvalue weighted by molar-refractivity contribution is -0.129. The Bertz CT molecular complexity index is 685. The molecule has 1 aromatic rings. The summed E-state index contributed by atoms with van der Waals surface area (Å²) in [6.07, 6.45) is 5.36. The maximum atomic E-state index is 12.2. The van der Waals surface area contributed by atoms with E-state index in [-0.39, 0.29) is 41.6 Å². The van der Waals surface area contributed by atoms with Gasteiger partial charge in [0.05, 0.1) is 12.3 Å². The topological polar surface area (TPSA) is 104 Å². The van der Waals surface area contributed by atoms with E-state index >= 15 is 0 Å². The first-order valence-corrected chi connectivity index (χ1v) is 9.27. The van der Waals surface area contributed by atoms with Crippen molar-refractivity contribution < 1.29 is 18.8 Å². The van der Waals surface area contributed by atoms with E-state index in [1.165, 1.54) is 6.26 Å². The molecule has 8 nitrogen and oxygen atoms in total. The van der Waals surface area contributed by atoms with Crippen LogP contribution in [0, 0.1) is 0 Å². The SMILES string of the molecule is O=C(CCC1CNC(=O)C2CC(NC(=O)c3ccco3)CN12)NC1CC1. The van der Waals surface area contributed by atoms with E-state index in [9.17, 15) is 14.4 Å². The number of hydrogen-bond acceptors (Lipinski definition) is 5. The highest BCUT2D eigenvalue weighted by Gasteiger charge is 2.44. The molecule has 3 fully saturated rings. The second-order valence-corrected chi connectivity index (χ2v) is 7.38. The van der Waals surface area contributed by atoms with Gasteiger partial charge in [0.15, 0.2) is 5.76 Å². The standard InChI is InChI=1S/C18H24N4O4/c23-16(20-11-3-4-11)6-5-13-9-19-17(24)14-8-12(10-22(13)14)21-18(25)15-2-1-7-26-15/h1-2,7,11-14H,3-6,8-10H2,(H,19,24)(H,20,23)(H,21,25). The summed E-state index contributed by atoms with van der Waals surface area (Å²) in [5, 5.41) is 8.88. The quantitative estimate of drug-likeness (QED) is 0.663. The Hall–Kier alpha value is -2.35. The van der Waals surface area contributed by atoms with Crippen molar-refractivity contribution in [1.29, 1.82) is 0 Å². The highest BCUT2D eigenvalue weighted by Crippen LogP contribution is 2.26. The van der Waals surface area contributed by atoms with Gasteiger partial charge < -0.3 is 20.4 Å². The molecule has 1 saturated carbocycles. The van der Waals surface area contributed by atoms with E-state index < -0.39 is 0 Å². The maximum Gasteiger partial charge on any atom is 0.287 e. The minimum absolute atomic E-state index is 0.00145. The number of furan rings is 1. The van der Waals surface area contributed by atoms with Gasteiger partial charge in [0.25, 0.3) is 5.91 Å². The maximum absolute atomic E-state index is 12.2. The predicted molar refractivity (Wildman–Crippen MR) is 92.3 cm³/mol. The lowest BCUT2D eigenvalue weighted by Gasteiger charge is -2.37. The molecule has 3 unspecified atom stereocenters. The second-order valence-electron chi connectivity index (χ2n) is 7.38. The molecular formula is C18H24N4O4. The third-order valence-electron chi connectivity index (χ3n) is 5.35. The van der Waals surface area contributed by atoms with Crippen LogP contribution in [0.1, 0.15) is 42.7 Å². The minimum atomic E-state index is -0.263. The minimum Gasteiger partial charge on any atom is -0.459 e. The second kappa shape index (κ2) is 7.11. The van der Waals surface area contributed by atoms with Crippen LogP contribution in [0.5, 0.6) is 0 Å². The van der Waals surface area contributed by atoms with Crippen molar-refractivity contribution in [3.63, 3.8) is 0 Å². The van der Waals surface area contributed by atoms with Gasteiger partial charge >= 0.3 is 0 Å². The Kier molecular flexibility index (Phi) is 4.67. The van der Waals surface area contributed by atoms with Crippen molar-refractivity contribution >= 4 is 17.7 Å². The highest BCUT2D eigenvalue weighted by atomic mass is 16.3. The number of nitrogens with zero attached hydrogens (tertiary/aromatic N) is 1. The molecule has 0 aromatic carbocycles. The average molecular weight is 360 g/mol. The highest BCUT2D eigenvalue weighted by molar-refractivity contribution is 5.91. The Morgan fingerprint density at radius 1 is 1.27 bits per heavy atom. The number of carbonyl (C=O) groups is 3. The number of fused-ring (bicyclic) bond motifs is 1. The van der Waals surface area contributed by atoms with Crippen LogP contribution in [0.15, 0.2) is 22.8 Å². The van der Waals surface area contributed by atoms with Gasteiger partial charge in [-0.3, -0.25) is 19.3 Å². The molecule has 2 aliphatic heterocycles.